The number of alkyl halides is 3. The number of hydrazine groups is 1. The highest BCUT2D eigenvalue weighted by Gasteiger charge is 2.44. The number of carbonyl (C=O) groups is 1. The largest absolute Gasteiger partial charge is 0.420 e. The molecule has 5 rings (SSSR count). The van der Waals surface area contributed by atoms with Crippen LogP contribution in [0.4, 0.5) is 13.2 Å². The number of allylic oxidation sites excluding steroid dienone is 1. The highest BCUT2D eigenvalue weighted by atomic mass is 19.4. The number of halogens is 3. The van der Waals surface area contributed by atoms with Gasteiger partial charge in [-0.25, -0.2) is 5.43 Å². The highest BCUT2D eigenvalue weighted by molar-refractivity contribution is 5.89. The molecule has 8 nitrogen and oxygen atoms in total. The predicted molar refractivity (Wildman–Crippen MR) is 103 cm³/mol. The lowest BCUT2D eigenvalue weighted by atomic mass is 9.92. The van der Waals surface area contributed by atoms with E-state index in [1.807, 2.05) is 5.01 Å². The van der Waals surface area contributed by atoms with Crippen molar-refractivity contribution in [1.29, 1.82) is 0 Å². The van der Waals surface area contributed by atoms with E-state index in [0.717, 1.165) is 43.8 Å². The standard InChI is InChI=1S/C20H21F3N6O2/c21-20(22,23)13-3-1-12(2-4-13)18-27-28-19(31-18)14-10-25-29-15(9-16(30)26-17(14)29)11-5-7-24-8-6-11/h1-4,9,11,14,17,24-25H,5-8,10H2,(H,26,30). The van der Waals surface area contributed by atoms with Gasteiger partial charge in [0.25, 0.3) is 0 Å². The van der Waals surface area contributed by atoms with Crippen LogP contribution in [0.3, 0.4) is 0 Å². The average Bonchev–Trinajstić information content (AvgIpc) is 3.40. The molecule has 0 spiro atoms. The van der Waals surface area contributed by atoms with Crippen LogP contribution in [0.2, 0.25) is 0 Å². The van der Waals surface area contributed by atoms with Crippen molar-refractivity contribution in [2.75, 3.05) is 19.6 Å². The monoisotopic (exact) mass is 434 g/mol. The van der Waals surface area contributed by atoms with Gasteiger partial charge in [0, 0.05) is 29.8 Å². The van der Waals surface area contributed by atoms with E-state index in [1.54, 1.807) is 6.08 Å². The van der Waals surface area contributed by atoms with E-state index < -0.39 is 11.7 Å². The number of piperidine rings is 1. The van der Waals surface area contributed by atoms with Crippen LogP contribution in [0.15, 0.2) is 40.5 Å². The first-order valence-corrected chi connectivity index (χ1v) is 10.2. The summed E-state index contributed by atoms with van der Waals surface area (Å²) in [6, 6.07) is 4.57. The average molecular weight is 434 g/mol. The van der Waals surface area contributed by atoms with E-state index in [1.165, 1.54) is 12.1 Å². The van der Waals surface area contributed by atoms with E-state index >= 15 is 0 Å². The van der Waals surface area contributed by atoms with Crippen LogP contribution in [-0.4, -0.2) is 46.9 Å². The molecule has 0 saturated carbocycles. The normalized spacial score (nSPS) is 24.7. The first-order chi connectivity index (χ1) is 14.9. The number of nitrogens with zero attached hydrogens (tertiary/aromatic N) is 3. The van der Waals surface area contributed by atoms with Crippen LogP contribution in [0.5, 0.6) is 0 Å². The van der Waals surface area contributed by atoms with Gasteiger partial charge in [0.2, 0.25) is 17.7 Å². The Bertz CT molecular complexity index is 997. The van der Waals surface area contributed by atoms with Gasteiger partial charge in [-0.2, -0.15) is 13.2 Å². The number of hydrogen-bond donors (Lipinski definition) is 3. The first kappa shape index (κ1) is 20.0. The number of nitrogens with one attached hydrogen (secondary N) is 3. The molecule has 3 N–H and O–H groups in total. The zero-order valence-electron chi connectivity index (χ0n) is 16.4. The summed E-state index contributed by atoms with van der Waals surface area (Å²) in [5.74, 6) is 0.294. The summed E-state index contributed by atoms with van der Waals surface area (Å²) in [6.45, 7) is 2.30. The quantitative estimate of drug-likeness (QED) is 0.680. The molecule has 2 unspecified atom stereocenters. The van der Waals surface area contributed by atoms with Crippen molar-refractivity contribution < 1.29 is 22.4 Å². The molecule has 1 aromatic heterocycles. The lowest BCUT2D eigenvalue weighted by Crippen LogP contribution is -2.53. The van der Waals surface area contributed by atoms with Gasteiger partial charge in [0.15, 0.2) is 0 Å². The number of benzene rings is 1. The van der Waals surface area contributed by atoms with Crippen LogP contribution >= 0.6 is 0 Å². The Morgan fingerprint density at radius 1 is 1.10 bits per heavy atom. The van der Waals surface area contributed by atoms with E-state index in [9.17, 15) is 18.0 Å². The van der Waals surface area contributed by atoms with Crippen molar-refractivity contribution >= 4 is 5.91 Å². The van der Waals surface area contributed by atoms with Crippen molar-refractivity contribution in [3.05, 3.63) is 47.5 Å². The summed E-state index contributed by atoms with van der Waals surface area (Å²) in [5, 5.41) is 16.4. The zero-order chi connectivity index (χ0) is 21.6. The number of aromatic nitrogens is 2. The van der Waals surface area contributed by atoms with E-state index in [0.29, 0.717) is 18.0 Å². The lowest BCUT2D eigenvalue weighted by molar-refractivity contribution is -0.137. The van der Waals surface area contributed by atoms with Crippen LogP contribution in [-0.2, 0) is 11.0 Å². The van der Waals surface area contributed by atoms with Gasteiger partial charge in [0.05, 0.1) is 11.5 Å². The molecule has 0 aliphatic carbocycles. The Kier molecular flexibility index (Phi) is 4.94. The molecule has 1 aromatic carbocycles. The van der Waals surface area contributed by atoms with Gasteiger partial charge < -0.3 is 15.1 Å². The number of amides is 1. The zero-order valence-corrected chi connectivity index (χ0v) is 16.4. The van der Waals surface area contributed by atoms with Crippen molar-refractivity contribution in [1.82, 2.24) is 31.3 Å². The minimum Gasteiger partial charge on any atom is -0.420 e. The first-order valence-electron chi connectivity index (χ1n) is 10.2. The number of hydrogen-bond acceptors (Lipinski definition) is 7. The molecule has 1 amide bonds. The Labute approximate surface area is 175 Å². The Hall–Kier alpha value is -2.92. The summed E-state index contributed by atoms with van der Waals surface area (Å²) < 4.78 is 44.1. The summed E-state index contributed by atoms with van der Waals surface area (Å²) in [6.07, 6.45) is -1.23. The maximum atomic E-state index is 12.8. The Morgan fingerprint density at radius 2 is 1.84 bits per heavy atom. The van der Waals surface area contributed by atoms with Crippen molar-refractivity contribution in [2.24, 2.45) is 5.92 Å². The second-order valence-corrected chi connectivity index (χ2v) is 7.91. The van der Waals surface area contributed by atoms with Gasteiger partial charge >= 0.3 is 6.18 Å². The molecule has 4 heterocycles. The molecular weight excluding hydrogens is 413 g/mol. The molecule has 2 atom stereocenters. The maximum absolute atomic E-state index is 12.8. The van der Waals surface area contributed by atoms with Crippen LogP contribution in [0.1, 0.15) is 30.2 Å². The Morgan fingerprint density at radius 3 is 2.55 bits per heavy atom. The SMILES string of the molecule is O=C1C=C(C2CCNCC2)N2NCC(c3nnc(-c4ccc(C(F)(F)F)cc4)o3)C2N1. The third kappa shape index (κ3) is 3.79. The molecule has 31 heavy (non-hydrogen) atoms. The topological polar surface area (TPSA) is 95.3 Å². The fourth-order valence-corrected chi connectivity index (χ4v) is 4.35. The molecule has 3 aliphatic heterocycles. The molecular formula is C20H21F3N6O2. The second kappa shape index (κ2) is 7.65. The molecule has 0 bridgehead atoms. The molecule has 164 valence electrons. The van der Waals surface area contributed by atoms with Gasteiger partial charge in [-0.05, 0) is 50.2 Å². The molecule has 3 aliphatic rings. The summed E-state index contributed by atoms with van der Waals surface area (Å²) >= 11 is 0. The van der Waals surface area contributed by atoms with E-state index in [2.05, 4.69) is 26.3 Å². The van der Waals surface area contributed by atoms with Crippen molar-refractivity contribution in [2.45, 2.75) is 31.1 Å². The lowest BCUT2D eigenvalue weighted by Gasteiger charge is -2.38. The Balaban J connectivity index is 1.36. The summed E-state index contributed by atoms with van der Waals surface area (Å²) in [7, 11) is 0. The molecule has 2 aromatic rings. The molecule has 11 heteroatoms. The number of carbonyl (C=O) groups excluding carboxylic acids is 1. The molecule has 2 saturated heterocycles. The molecule has 0 radical (unpaired) electrons. The summed E-state index contributed by atoms with van der Waals surface area (Å²) in [4.78, 5) is 12.4. The van der Waals surface area contributed by atoms with Gasteiger partial charge in [-0.15, -0.1) is 10.2 Å². The van der Waals surface area contributed by atoms with Gasteiger partial charge in [0.1, 0.15) is 6.17 Å². The fraction of sp³-hybridized carbons (Fsp3) is 0.450. The van der Waals surface area contributed by atoms with Gasteiger partial charge in [-0.1, -0.05) is 0 Å². The fourth-order valence-electron chi connectivity index (χ4n) is 4.35. The third-order valence-corrected chi connectivity index (χ3v) is 5.96. The second-order valence-electron chi connectivity index (χ2n) is 7.91. The number of fused-ring (bicyclic) bond motifs is 1. The van der Waals surface area contributed by atoms with Crippen LogP contribution in [0.25, 0.3) is 11.5 Å². The van der Waals surface area contributed by atoms with Crippen LogP contribution < -0.4 is 16.1 Å². The maximum Gasteiger partial charge on any atom is 0.416 e. The summed E-state index contributed by atoms with van der Waals surface area (Å²) in [5.41, 5.74) is 3.94. The smallest absolute Gasteiger partial charge is 0.416 e. The number of rotatable bonds is 3. The minimum absolute atomic E-state index is 0.137. The van der Waals surface area contributed by atoms with Crippen LogP contribution in [0, 0.1) is 5.92 Å². The van der Waals surface area contributed by atoms with Crippen molar-refractivity contribution in [3.63, 3.8) is 0 Å². The predicted octanol–water partition coefficient (Wildman–Crippen LogP) is 2.00. The van der Waals surface area contributed by atoms with Crippen molar-refractivity contribution in [3.8, 4) is 11.5 Å². The minimum atomic E-state index is -4.41. The molecule has 2 fully saturated rings. The highest BCUT2D eigenvalue weighted by Crippen LogP contribution is 2.36. The van der Waals surface area contributed by atoms with E-state index in [-0.39, 0.29) is 29.8 Å². The van der Waals surface area contributed by atoms with Gasteiger partial charge in [-0.3, -0.25) is 9.80 Å². The van der Waals surface area contributed by atoms with E-state index in [4.69, 9.17) is 4.42 Å². The third-order valence-electron chi connectivity index (χ3n) is 5.96.